The third-order valence-corrected chi connectivity index (χ3v) is 3.71. The molecule has 0 bridgehead atoms. The van der Waals surface area contributed by atoms with Crippen LogP contribution in [0.25, 0.3) is 0 Å². The summed E-state index contributed by atoms with van der Waals surface area (Å²) in [6, 6.07) is 3.57. The molecule has 1 saturated heterocycles. The van der Waals surface area contributed by atoms with Gasteiger partial charge in [0.25, 0.3) is 0 Å². The van der Waals surface area contributed by atoms with E-state index >= 15 is 0 Å². The number of carbonyl (C=O) groups is 1. The summed E-state index contributed by atoms with van der Waals surface area (Å²) < 4.78 is 10.7. The third-order valence-electron chi connectivity index (χ3n) is 3.71. The highest BCUT2D eigenvalue weighted by atomic mass is 16.5. The van der Waals surface area contributed by atoms with Crippen molar-refractivity contribution in [2.75, 3.05) is 19.0 Å². The van der Waals surface area contributed by atoms with Gasteiger partial charge in [-0.15, -0.1) is 0 Å². The van der Waals surface area contributed by atoms with Crippen molar-refractivity contribution in [3.63, 3.8) is 0 Å². The third kappa shape index (κ3) is 3.28. The Labute approximate surface area is 119 Å². The molecule has 20 heavy (non-hydrogen) atoms. The van der Waals surface area contributed by atoms with Gasteiger partial charge in [0.15, 0.2) is 0 Å². The van der Waals surface area contributed by atoms with Crippen LogP contribution in [0.4, 0.5) is 5.69 Å². The first kappa shape index (κ1) is 14.8. The predicted octanol–water partition coefficient (Wildman–Crippen LogP) is 2.54. The Kier molecular flexibility index (Phi) is 4.95. The van der Waals surface area contributed by atoms with Crippen LogP contribution in [-0.2, 0) is 9.53 Å². The van der Waals surface area contributed by atoms with Crippen LogP contribution in [0.1, 0.15) is 31.9 Å². The Morgan fingerprint density at radius 3 is 3.00 bits per heavy atom. The molecular formula is C15H22N2O3. The van der Waals surface area contributed by atoms with Crippen LogP contribution in [0.3, 0.4) is 0 Å². The van der Waals surface area contributed by atoms with Gasteiger partial charge in [-0.3, -0.25) is 4.79 Å². The highest BCUT2D eigenvalue weighted by molar-refractivity contribution is 5.93. The number of nitrogens with one attached hydrogen (secondary N) is 1. The monoisotopic (exact) mass is 278 g/mol. The second kappa shape index (κ2) is 6.70. The van der Waals surface area contributed by atoms with Crippen molar-refractivity contribution in [2.24, 2.45) is 5.92 Å². The van der Waals surface area contributed by atoms with E-state index in [-0.39, 0.29) is 17.9 Å². The van der Waals surface area contributed by atoms with E-state index in [0.717, 1.165) is 37.3 Å². The first-order chi connectivity index (χ1) is 9.65. The number of ether oxygens (including phenoxy) is 2. The highest BCUT2D eigenvalue weighted by Gasteiger charge is 2.30. The van der Waals surface area contributed by atoms with Gasteiger partial charge in [0, 0.05) is 12.7 Å². The van der Waals surface area contributed by atoms with Crippen LogP contribution in [0.5, 0.6) is 5.88 Å². The van der Waals surface area contributed by atoms with Crippen molar-refractivity contribution < 1.29 is 14.3 Å². The lowest BCUT2D eigenvalue weighted by atomic mass is 9.91. The van der Waals surface area contributed by atoms with Crippen molar-refractivity contribution in [3.05, 3.63) is 17.8 Å². The van der Waals surface area contributed by atoms with E-state index in [2.05, 4.69) is 17.2 Å². The van der Waals surface area contributed by atoms with Gasteiger partial charge in [-0.25, -0.2) is 4.98 Å². The van der Waals surface area contributed by atoms with Crippen molar-refractivity contribution in [1.29, 1.82) is 0 Å². The molecule has 110 valence electrons. The molecule has 0 aliphatic carbocycles. The number of rotatable bonds is 4. The maximum atomic E-state index is 12.4. The van der Waals surface area contributed by atoms with Crippen LogP contribution >= 0.6 is 0 Å². The van der Waals surface area contributed by atoms with Crippen LogP contribution < -0.4 is 10.1 Å². The summed E-state index contributed by atoms with van der Waals surface area (Å²) in [5.74, 6) is 0.495. The van der Waals surface area contributed by atoms with E-state index in [9.17, 15) is 4.79 Å². The Hall–Kier alpha value is -1.62. The molecule has 5 nitrogen and oxygen atoms in total. The number of nitrogens with zero attached hydrogens (tertiary/aromatic N) is 1. The van der Waals surface area contributed by atoms with E-state index in [4.69, 9.17) is 9.47 Å². The maximum Gasteiger partial charge on any atom is 0.230 e. The minimum atomic E-state index is -0.0738. The summed E-state index contributed by atoms with van der Waals surface area (Å²) in [5.41, 5.74) is 1.48. The topological polar surface area (TPSA) is 60.5 Å². The molecule has 1 amide bonds. The number of methoxy groups -OCH3 is 1. The first-order valence-electron chi connectivity index (χ1n) is 7.09. The molecule has 2 rings (SSSR count). The lowest BCUT2D eigenvalue weighted by molar-refractivity contribution is -0.129. The molecular weight excluding hydrogens is 256 g/mol. The molecule has 1 aliphatic rings. The van der Waals surface area contributed by atoms with Gasteiger partial charge in [0.2, 0.25) is 11.8 Å². The number of aryl methyl sites for hydroxylation is 1. The summed E-state index contributed by atoms with van der Waals surface area (Å²) in [5, 5.41) is 2.96. The van der Waals surface area contributed by atoms with E-state index < -0.39 is 0 Å². The van der Waals surface area contributed by atoms with Crippen LogP contribution in [0.15, 0.2) is 12.1 Å². The summed E-state index contributed by atoms with van der Waals surface area (Å²) in [6.07, 6.45) is 2.70. The van der Waals surface area contributed by atoms with Crippen molar-refractivity contribution >= 4 is 11.6 Å². The Balaban J connectivity index is 2.07. The molecule has 0 radical (unpaired) electrons. The Morgan fingerprint density at radius 1 is 1.55 bits per heavy atom. The van der Waals surface area contributed by atoms with Gasteiger partial charge in [-0.05, 0) is 32.3 Å². The average molecular weight is 278 g/mol. The summed E-state index contributed by atoms with van der Waals surface area (Å²) >= 11 is 0. The standard InChI is InChI=1S/C15H22N2O3/c1-4-13-11(6-5-9-20-13)15(18)17-12-7-8-14(19-3)16-10(12)2/h7-8,11,13H,4-6,9H2,1-3H3,(H,17,18)/t11-,13-/m1/s1. The molecule has 1 fully saturated rings. The maximum absolute atomic E-state index is 12.4. The molecule has 0 saturated carbocycles. The largest absolute Gasteiger partial charge is 0.481 e. The van der Waals surface area contributed by atoms with Gasteiger partial charge in [-0.1, -0.05) is 6.92 Å². The van der Waals surface area contributed by atoms with Crippen molar-refractivity contribution in [1.82, 2.24) is 4.98 Å². The van der Waals surface area contributed by atoms with E-state index in [1.54, 1.807) is 13.2 Å². The highest BCUT2D eigenvalue weighted by Crippen LogP contribution is 2.25. The molecule has 1 aliphatic heterocycles. The van der Waals surface area contributed by atoms with Crippen molar-refractivity contribution in [2.45, 2.75) is 39.2 Å². The minimum absolute atomic E-state index is 0.0200. The van der Waals surface area contributed by atoms with Crippen molar-refractivity contribution in [3.8, 4) is 5.88 Å². The molecule has 0 aromatic carbocycles. The first-order valence-corrected chi connectivity index (χ1v) is 7.09. The van der Waals surface area contributed by atoms with Gasteiger partial charge >= 0.3 is 0 Å². The molecule has 2 heterocycles. The fourth-order valence-corrected chi connectivity index (χ4v) is 2.55. The lowest BCUT2D eigenvalue weighted by Crippen LogP contribution is -2.38. The number of hydrogen-bond acceptors (Lipinski definition) is 4. The summed E-state index contributed by atoms with van der Waals surface area (Å²) in [7, 11) is 1.57. The summed E-state index contributed by atoms with van der Waals surface area (Å²) in [4.78, 5) is 16.7. The zero-order valence-electron chi connectivity index (χ0n) is 12.3. The van der Waals surface area contributed by atoms with Gasteiger partial charge < -0.3 is 14.8 Å². The van der Waals surface area contributed by atoms with E-state index in [1.807, 2.05) is 13.0 Å². The smallest absolute Gasteiger partial charge is 0.230 e. The van der Waals surface area contributed by atoms with Gasteiger partial charge in [0.1, 0.15) is 0 Å². The van der Waals surface area contributed by atoms with E-state index in [0.29, 0.717) is 5.88 Å². The number of pyridine rings is 1. The van der Waals surface area contributed by atoms with Crippen LogP contribution in [0, 0.1) is 12.8 Å². The van der Waals surface area contributed by atoms with Crippen LogP contribution in [-0.4, -0.2) is 30.7 Å². The number of amides is 1. The zero-order chi connectivity index (χ0) is 14.5. The average Bonchev–Trinajstić information content (AvgIpc) is 2.49. The van der Waals surface area contributed by atoms with Gasteiger partial charge in [-0.2, -0.15) is 0 Å². The summed E-state index contributed by atoms with van der Waals surface area (Å²) in [6.45, 7) is 4.66. The molecule has 0 unspecified atom stereocenters. The second-order valence-electron chi connectivity index (χ2n) is 5.04. The fourth-order valence-electron chi connectivity index (χ4n) is 2.55. The fraction of sp³-hybridized carbons (Fsp3) is 0.600. The minimum Gasteiger partial charge on any atom is -0.481 e. The quantitative estimate of drug-likeness (QED) is 0.919. The zero-order valence-corrected chi connectivity index (χ0v) is 12.3. The normalized spacial score (nSPS) is 22.4. The van der Waals surface area contributed by atoms with Crippen LogP contribution in [0.2, 0.25) is 0 Å². The molecule has 1 aromatic rings. The van der Waals surface area contributed by atoms with E-state index in [1.165, 1.54) is 0 Å². The van der Waals surface area contributed by atoms with Gasteiger partial charge in [0.05, 0.1) is 30.5 Å². The lowest BCUT2D eigenvalue weighted by Gasteiger charge is -2.30. The molecule has 1 N–H and O–H groups in total. The number of hydrogen-bond donors (Lipinski definition) is 1. The predicted molar refractivity (Wildman–Crippen MR) is 76.9 cm³/mol. The second-order valence-corrected chi connectivity index (χ2v) is 5.04. The Morgan fingerprint density at radius 2 is 2.35 bits per heavy atom. The number of carbonyl (C=O) groups excluding carboxylic acids is 1. The number of aromatic nitrogens is 1. The number of anilines is 1. The SMILES string of the molecule is CC[C@H]1OCCC[C@H]1C(=O)Nc1ccc(OC)nc1C. The molecule has 1 aromatic heterocycles. The molecule has 0 spiro atoms. The Bertz CT molecular complexity index is 476. The molecule has 2 atom stereocenters. The molecule has 5 heteroatoms.